The Labute approximate surface area is 134 Å². The van der Waals surface area contributed by atoms with E-state index < -0.39 is 12.1 Å². The van der Waals surface area contributed by atoms with Crippen molar-refractivity contribution in [2.45, 2.75) is 32.9 Å². The number of hydrogen-bond donors (Lipinski definition) is 1. The molecule has 0 heterocycles. The van der Waals surface area contributed by atoms with Gasteiger partial charge in [-0.1, -0.05) is 29.3 Å². The summed E-state index contributed by atoms with van der Waals surface area (Å²) >= 11 is 11.9. The van der Waals surface area contributed by atoms with E-state index in [1.807, 2.05) is 13.8 Å². The number of carbonyl (C=O) groups excluding carboxylic acids is 2. The number of amides is 1. The quantitative estimate of drug-likeness (QED) is 0.664. The number of rotatable bonds is 5. The van der Waals surface area contributed by atoms with Gasteiger partial charge in [-0.3, -0.25) is 4.79 Å². The van der Waals surface area contributed by atoms with Gasteiger partial charge in [0.1, 0.15) is 0 Å². The highest BCUT2D eigenvalue weighted by Gasteiger charge is 2.17. The molecule has 1 amide bonds. The number of halogens is 2. The van der Waals surface area contributed by atoms with Crippen molar-refractivity contribution < 1.29 is 14.3 Å². The molecule has 0 spiro atoms. The van der Waals surface area contributed by atoms with Gasteiger partial charge in [0.05, 0.1) is 0 Å². The number of benzene rings is 1. The Morgan fingerprint density at radius 1 is 1.19 bits per heavy atom. The standard InChI is InChI=1S/C15H17Cl2NO3/c1-9(2)18-15(20)10(3)21-14(19)8-7-11-12(16)5-4-6-13(11)17/h4-10H,1-3H3,(H,18,20)/b8-7+/t10-/m1/s1. The summed E-state index contributed by atoms with van der Waals surface area (Å²) in [7, 11) is 0. The smallest absolute Gasteiger partial charge is 0.331 e. The first-order chi connectivity index (χ1) is 9.81. The summed E-state index contributed by atoms with van der Waals surface area (Å²) in [5, 5.41) is 3.51. The molecule has 0 aliphatic rings. The molecule has 0 saturated heterocycles. The molecular formula is C15H17Cl2NO3. The maximum atomic E-state index is 11.7. The van der Waals surface area contributed by atoms with Crippen molar-refractivity contribution in [3.63, 3.8) is 0 Å². The van der Waals surface area contributed by atoms with Gasteiger partial charge in [-0.05, 0) is 39.0 Å². The third-order valence-electron chi connectivity index (χ3n) is 2.48. The third kappa shape index (κ3) is 5.78. The van der Waals surface area contributed by atoms with E-state index in [0.29, 0.717) is 15.6 Å². The molecule has 1 aromatic carbocycles. The Hall–Kier alpha value is -1.52. The fourth-order valence-corrected chi connectivity index (χ4v) is 2.01. The SMILES string of the molecule is CC(C)NC(=O)[C@@H](C)OC(=O)/C=C/c1c(Cl)cccc1Cl. The summed E-state index contributed by atoms with van der Waals surface area (Å²) in [6.45, 7) is 5.16. The molecule has 1 N–H and O–H groups in total. The molecule has 0 aliphatic carbocycles. The van der Waals surface area contributed by atoms with Crippen LogP contribution in [0.15, 0.2) is 24.3 Å². The third-order valence-corrected chi connectivity index (χ3v) is 3.14. The Kier molecular flexibility index (Phi) is 6.72. The largest absolute Gasteiger partial charge is 0.449 e. The molecule has 0 radical (unpaired) electrons. The molecule has 114 valence electrons. The monoisotopic (exact) mass is 329 g/mol. The minimum Gasteiger partial charge on any atom is -0.449 e. The highest BCUT2D eigenvalue weighted by atomic mass is 35.5. The molecule has 4 nitrogen and oxygen atoms in total. The average Bonchev–Trinajstić information content (AvgIpc) is 2.37. The van der Waals surface area contributed by atoms with Crippen molar-refractivity contribution >= 4 is 41.2 Å². The summed E-state index contributed by atoms with van der Waals surface area (Å²) < 4.78 is 4.99. The number of nitrogens with one attached hydrogen (secondary N) is 1. The lowest BCUT2D eigenvalue weighted by molar-refractivity contribution is -0.150. The maximum absolute atomic E-state index is 11.7. The van der Waals surface area contributed by atoms with Gasteiger partial charge in [-0.15, -0.1) is 0 Å². The molecule has 0 aliphatic heterocycles. The van der Waals surface area contributed by atoms with E-state index in [4.69, 9.17) is 27.9 Å². The number of ether oxygens (including phenoxy) is 1. The first-order valence-corrected chi connectivity index (χ1v) is 7.20. The molecule has 1 rings (SSSR count). The minimum atomic E-state index is -0.869. The highest BCUT2D eigenvalue weighted by Crippen LogP contribution is 2.25. The van der Waals surface area contributed by atoms with Gasteiger partial charge in [0.25, 0.3) is 5.91 Å². The lowest BCUT2D eigenvalue weighted by atomic mass is 10.2. The zero-order valence-electron chi connectivity index (χ0n) is 12.0. The van der Waals surface area contributed by atoms with Crippen LogP contribution >= 0.6 is 23.2 Å². The average molecular weight is 330 g/mol. The first kappa shape index (κ1) is 17.5. The molecule has 0 unspecified atom stereocenters. The molecular weight excluding hydrogens is 313 g/mol. The van der Waals surface area contributed by atoms with Crippen molar-refractivity contribution in [1.29, 1.82) is 0 Å². The summed E-state index contributed by atoms with van der Waals surface area (Å²) in [5.74, 6) is -0.986. The van der Waals surface area contributed by atoms with Gasteiger partial charge >= 0.3 is 5.97 Å². The fraction of sp³-hybridized carbons (Fsp3) is 0.333. The van der Waals surface area contributed by atoms with Crippen molar-refractivity contribution in [1.82, 2.24) is 5.32 Å². The van der Waals surface area contributed by atoms with Crippen LogP contribution in [0, 0.1) is 0 Å². The predicted molar refractivity (Wildman–Crippen MR) is 84.3 cm³/mol. The molecule has 1 aromatic rings. The van der Waals surface area contributed by atoms with Crippen LogP contribution in [-0.4, -0.2) is 24.0 Å². The van der Waals surface area contributed by atoms with Crippen LogP contribution in [0.1, 0.15) is 26.3 Å². The zero-order valence-corrected chi connectivity index (χ0v) is 13.5. The van der Waals surface area contributed by atoms with E-state index in [0.717, 1.165) is 0 Å². The Bertz CT molecular complexity index is 536. The fourth-order valence-electron chi connectivity index (χ4n) is 1.49. The zero-order chi connectivity index (χ0) is 16.0. The normalized spacial score (nSPS) is 12.5. The van der Waals surface area contributed by atoms with Gasteiger partial charge in [-0.25, -0.2) is 4.79 Å². The van der Waals surface area contributed by atoms with E-state index in [1.165, 1.54) is 19.1 Å². The number of esters is 1. The number of carbonyl (C=O) groups is 2. The van der Waals surface area contributed by atoms with Gasteiger partial charge < -0.3 is 10.1 Å². The molecule has 0 aromatic heterocycles. The van der Waals surface area contributed by atoms with Crippen LogP contribution in [-0.2, 0) is 14.3 Å². The minimum absolute atomic E-state index is 0.0175. The number of hydrogen-bond acceptors (Lipinski definition) is 3. The summed E-state index contributed by atoms with van der Waals surface area (Å²) in [4.78, 5) is 23.3. The second-order valence-corrected chi connectivity index (χ2v) is 5.53. The van der Waals surface area contributed by atoms with Gasteiger partial charge in [0, 0.05) is 27.7 Å². The van der Waals surface area contributed by atoms with Crippen molar-refractivity contribution in [3.8, 4) is 0 Å². The van der Waals surface area contributed by atoms with Crippen LogP contribution in [0.4, 0.5) is 0 Å². The Balaban J connectivity index is 2.65. The van der Waals surface area contributed by atoms with E-state index in [-0.39, 0.29) is 11.9 Å². The van der Waals surface area contributed by atoms with Crippen LogP contribution in [0.25, 0.3) is 6.08 Å². The van der Waals surface area contributed by atoms with Crippen molar-refractivity contribution in [2.75, 3.05) is 0 Å². The maximum Gasteiger partial charge on any atom is 0.331 e. The Morgan fingerprint density at radius 3 is 2.29 bits per heavy atom. The molecule has 0 saturated carbocycles. The summed E-state index contributed by atoms with van der Waals surface area (Å²) in [6, 6.07) is 5.02. The molecule has 1 atom stereocenters. The van der Waals surface area contributed by atoms with Crippen LogP contribution in [0.2, 0.25) is 10.0 Å². The van der Waals surface area contributed by atoms with E-state index in [1.54, 1.807) is 18.2 Å². The highest BCUT2D eigenvalue weighted by molar-refractivity contribution is 6.37. The summed E-state index contributed by atoms with van der Waals surface area (Å²) in [6.07, 6.45) is 1.78. The van der Waals surface area contributed by atoms with Gasteiger partial charge in [-0.2, -0.15) is 0 Å². The lowest BCUT2D eigenvalue weighted by Crippen LogP contribution is -2.39. The van der Waals surface area contributed by atoms with E-state index >= 15 is 0 Å². The molecule has 0 fully saturated rings. The second kappa shape index (κ2) is 8.05. The van der Waals surface area contributed by atoms with Crippen LogP contribution in [0.5, 0.6) is 0 Å². The van der Waals surface area contributed by atoms with Crippen LogP contribution in [0.3, 0.4) is 0 Å². The van der Waals surface area contributed by atoms with E-state index in [2.05, 4.69) is 5.32 Å². The van der Waals surface area contributed by atoms with Crippen molar-refractivity contribution in [2.24, 2.45) is 0 Å². The predicted octanol–water partition coefficient (Wildman–Crippen LogP) is 3.46. The van der Waals surface area contributed by atoms with Crippen LogP contribution < -0.4 is 5.32 Å². The summed E-state index contributed by atoms with van der Waals surface area (Å²) in [5.41, 5.74) is 0.525. The molecule has 0 bridgehead atoms. The molecule has 6 heteroatoms. The lowest BCUT2D eigenvalue weighted by Gasteiger charge is -2.14. The Morgan fingerprint density at radius 2 is 1.76 bits per heavy atom. The first-order valence-electron chi connectivity index (χ1n) is 6.44. The van der Waals surface area contributed by atoms with Gasteiger partial charge in [0.2, 0.25) is 0 Å². The second-order valence-electron chi connectivity index (χ2n) is 4.71. The van der Waals surface area contributed by atoms with Crippen molar-refractivity contribution in [3.05, 3.63) is 39.9 Å². The topological polar surface area (TPSA) is 55.4 Å². The van der Waals surface area contributed by atoms with Gasteiger partial charge in [0.15, 0.2) is 6.10 Å². The van der Waals surface area contributed by atoms with E-state index in [9.17, 15) is 9.59 Å². The molecule has 21 heavy (non-hydrogen) atoms.